The van der Waals surface area contributed by atoms with Crippen molar-refractivity contribution in [3.8, 4) is 0 Å². The zero-order valence-electron chi connectivity index (χ0n) is 9.93. The Morgan fingerprint density at radius 3 is 2.76 bits per heavy atom. The van der Waals surface area contributed by atoms with Crippen LogP contribution in [0.1, 0.15) is 36.6 Å². The van der Waals surface area contributed by atoms with Crippen LogP contribution in [0.15, 0.2) is 16.5 Å². The number of hydrogen-bond acceptors (Lipinski definition) is 4. The van der Waals surface area contributed by atoms with Crippen molar-refractivity contribution in [1.29, 1.82) is 0 Å². The van der Waals surface area contributed by atoms with Gasteiger partial charge in [-0.05, 0) is 18.6 Å². The van der Waals surface area contributed by atoms with Gasteiger partial charge in [-0.15, -0.1) is 0 Å². The maximum Gasteiger partial charge on any atom is 0.371 e. The number of carboxylic acid groups (broad SMARTS) is 1. The van der Waals surface area contributed by atoms with Gasteiger partial charge in [0.1, 0.15) is 5.76 Å². The van der Waals surface area contributed by atoms with Crippen molar-refractivity contribution in [3.63, 3.8) is 0 Å². The molecule has 0 radical (unpaired) electrons. The second-order valence-electron chi connectivity index (χ2n) is 5.08. The molecule has 3 N–H and O–H groups in total. The summed E-state index contributed by atoms with van der Waals surface area (Å²) in [5.41, 5.74) is -0.137. The van der Waals surface area contributed by atoms with Gasteiger partial charge in [-0.2, -0.15) is 0 Å². The Balaban J connectivity index is 1.88. The van der Waals surface area contributed by atoms with Gasteiger partial charge in [-0.3, -0.25) is 0 Å². The fourth-order valence-electron chi connectivity index (χ4n) is 2.06. The van der Waals surface area contributed by atoms with Crippen molar-refractivity contribution in [3.05, 3.63) is 23.7 Å². The number of nitrogens with one attached hydrogen (secondary N) is 1. The Morgan fingerprint density at radius 2 is 2.29 bits per heavy atom. The largest absolute Gasteiger partial charge is 0.475 e. The topological polar surface area (TPSA) is 82.7 Å². The molecule has 1 aliphatic rings. The molecule has 2 atom stereocenters. The van der Waals surface area contributed by atoms with Crippen molar-refractivity contribution < 1.29 is 19.4 Å². The quantitative estimate of drug-likeness (QED) is 0.736. The van der Waals surface area contributed by atoms with E-state index in [1.54, 1.807) is 6.07 Å². The van der Waals surface area contributed by atoms with E-state index in [-0.39, 0.29) is 23.3 Å². The molecule has 0 spiro atoms. The van der Waals surface area contributed by atoms with E-state index in [0.29, 0.717) is 12.3 Å². The molecule has 2 rings (SSSR count). The van der Waals surface area contributed by atoms with Crippen LogP contribution in [0.4, 0.5) is 0 Å². The first-order valence-electron chi connectivity index (χ1n) is 5.64. The van der Waals surface area contributed by atoms with Gasteiger partial charge in [0.25, 0.3) is 0 Å². The Hall–Kier alpha value is -1.33. The molecular weight excluding hydrogens is 222 g/mol. The van der Waals surface area contributed by atoms with E-state index in [9.17, 15) is 9.90 Å². The summed E-state index contributed by atoms with van der Waals surface area (Å²) < 4.78 is 5.13. The van der Waals surface area contributed by atoms with Crippen molar-refractivity contribution >= 4 is 5.97 Å². The van der Waals surface area contributed by atoms with E-state index in [0.717, 1.165) is 6.42 Å². The summed E-state index contributed by atoms with van der Waals surface area (Å²) in [4.78, 5) is 10.6. The number of rotatable bonds is 4. The zero-order valence-corrected chi connectivity index (χ0v) is 9.93. The smallest absolute Gasteiger partial charge is 0.371 e. The number of aromatic carboxylic acids is 1. The lowest BCUT2D eigenvalue weighted by atomic mass is 9.64. The summed E-state index contributed by atoms with van der Waals surface area (Å²) in [6.07, 6.45) is 0.450. The molecule has 5 nitrogen and oxygen atoms in total. The number of furan rings is 1. The number of aliphatic hydroxyl groups is 1. The molecule has 1 heterocycles. The number of aliphatic hydroxyl groups excluding tert-OH is 1. The van der Waals surface area contributed by atoms with Gasteiger partial charge in [-0.25, -0.2) is 4.79 Å². The van der Waals surface area contributed by atoms with E-state index < -0.39 is 5.97 Å². The molecule has 94 valence electrons. The summed E-state index contributed by atoms with van der Waals surface area (Å²) in [6, 6.07) is 3.33. The van der Waals surface area contributed by atoms with Gasteiger partial charge in [0.15, 0.2) is 0 Å². The van der Waals surface area contributed by atoms with Gasteiger partial charge >= 0.3 is 5.97 Å². The number of carboxylic acids is 1. The Labute approximate surface area is 99.4 Å². The minimum atomic E-state index is -1.06. The zero-order chi connectivity index (χ0) is 12.6. The van der Waals surface area contributed by atoms with Gasteiger partial charge < -0.3 is 19.9 Å². The van der Waals surface area contributed by atoms with Crippen molar-refractivity contribution in [2.45, 2.75) is 39.0 Å². The number of carbonyl (C=O) groups is 1. The highest BCUT2D eigenvalue weighted by Crippen LogP contribution is 2.40. The average molecular weight is 239 g/mol. The highest BCUT2D eigenvalue weighted by molar-refractivity contribution is 5.84. The minimum absolute atomic E-state index is 0.0466. The fourth-order valence-corrected chi connectivity index (χ4v) is 2.06. The summed E-state index contributed by atoms with van der Waals surface area (Å²) in [5.74, 6) is -0.509. The highest BCUT2D eigenvalue weighted by atomic mass is 16.4. The Kier molecular flexibility index (Phi) is 2.97. The van der Waals surface area contributed by atoms with Crippen LogP contribution in [0.25, 0.3) is 0 Å². The molecule has 1 aromatic heterocycles. The molecule has 2 unspecified atom stereocenters. The lowest BCUT2D eigenvalue weighted by Gasteiger charge is -2.49. The summed E-state index contributed by atoms with van der Waals surface area (Å²) >= 11 is 0. The van der Waals surface area contributed by atoms with Crippen LogP contribution in [-0.2, 0) is 6.54 Å². The first kappa shape index (κ1) is 12.1. The SMILES string of the molecule is CC1(C)C(O)CC1NCc1ccc(C(=O)O)o1. The average Bonchev–Trinajstić information content (AvgIpc) is 2.72. The van der Waals surface area contributed by atoms with Crippen LogP contribution in [0.5, 0.6) is 0 Å². The van der Waals surface area contributed by atoms with E-state index in [4.69, 9.17) is 9.52 Å². The van der Waals surface area contributed by atoms with E-state index in [2.05, 4.69) is 5.32 Å². The third kappa shape index (κ3) is 2.21. The van der Waals surface area contributed by atoms with Crippen LogP contribution < -0.4 is 5.32 Å². The first-order valence-corrected chi connectivity index (χ1v) is 5.64. The molecule has 0 aromatic carbocycles. The lowest BCUT2D eigenvalue weighted by Crippen LogP contribution is -2.59. The maximum atomic E-state index is 10.6. The lowest BCUT2D eigenvalue weighted by molar-refractivity contribution is -0.0734. The van der Waals surface area contributed by atoms with Crippen LogP contribution in [0.3, 0.4) is 0 Å². The third-order valence-electron chi connectivity index (χ3n) is 3.61. The molecule has 0 bridgehead atoms. The standard InChI is InChI=1S/C12H17NO4/c1-12(2)9(5-10(12)14)13-6-7-3-4-8(17-7)11(15)16/h3-4,9-10,13-14H,5-6H2,1-2H3,(H,15,16). The predicted molar refractivity (Wildman–Crippen MR) is 60.7 cm³/mol. The molecule has 0 amide bonds. The number of hydrogen-bond donors (Lipinski definition) is 3. The minimum Gasteiger partial charge on any atom is -0.475 e. The van der Waals surface area contributed by atoms with Crippen molar-refractivity contribution in [2.24, 2.45) is 5.41 Å². The summed E-state index contributed by atoms with van der Waals surface area (Å²) in [6.45, 7) is 4.49. The summed E-state index contributed by atoms with van der Waals surface area (Å²) in [5, 5.41) is 21.5. The maximum absolute atomic E-state index is 10.6. The summed E-state index contributed by atoms with van der Waals surface area (Å²) in [7, 11) is 0. The molecule has 1 saturated carbocycles. The van der Waals surface area contributed by atoms with Crippen LogP contribution in [0, 0.1) is 5.41 Å². The fraction of sp³-hybridized carbons (Fsp3) is 0.583. The highest BCUT2D eigenvalue weighted by Gasteiger charge is 2.46. The van der Waals surface area contributed by atoms with Gasteiger partial charge in [-0.1, -0.05) is 13.8 Å². The van der Waals surface area contributed by atoms with Crippen LogP contribution in [0.2, 0.25) is 0 Å². The molecule has 1 fully saturated rings. The van der Waals surface area contributed by atoms with Gasteiger partial charge in [0, 0.05) is 11.5 Å². The predicted octanol–water partition coefficient (Wildman–Crippen LogP) is 1.23. The second kappa shape index (κ2) is 4.16. The Bertz CT molecular complexity index is 424. The first-order chi connectivity index (χ1) is 7.91. The van der Waals surface area contributed by atoms with Crippen LogP contribution in [-0.4, -0.2) is 28.3 Å². The van der Waals surface area contributed by atoms with Crippen LogP contribution >= 0.6 is 0 Å². The molecule has 0 saturated heterocycles. The molecule has 0 aliphatic heterocycles. The molecule has 17 heavy (non-hydrogen) atoms. The monoisotopic (exact) mass is 239 g/mol. The second-order valence-corrected chi connectivity index (χ2v) is 5.08. The van der Waals surface area contributed by atoms with Crippen molar-refractivity contribution in [1.82, 2.24) is 5.32 Å². The Morgan fingerprint density at radius 1 is 1.59 bits per heavy atom. The van der Waals surface area contributed by atoms with Crippen molar-refractivity contribution in [2.75, 3.05) is 0 Å². The van der Waals surface area contributed by atoms with E-state index >= 15 is 0 Å². The normalized spacial score (nSPS) is 26.5. The van der Waals surface area contributed by atoms with E-state index in [1.165, 1.54) is 6.07 Å². The molecule has 5 heteroatoms. The van der Waals surface area contributed by atoms with Gasteiger partial charge in [0.05, 0.1) is 12.6 Å². The molecule has 1 aromatic rings. The molecule has 1 aliphatic carbocycles. The molecular formula is C12H17NO4. The third-order valence-corrected chi connectivity index (χ3v) is 3.61. The van der Waals surface area contributed by atoms with Gasteiger partial charge in [0.2, 0.25) is 5.76 Å². The van der Waals surface area contributed by atoms with E-state index in [1.807, 2.05) is 13.8 Å².